The van der Waals surface area contributed by atoms with Crippen molar-refractivity contribution in [2.75, 3.05) is 18.5 Å². The first-order chi connectivity index (χ1) is 13.6. The van der Waals surface area contributed by atoms with E-state index in [1.165, 1.54) is 4.88 Å². The van der Waals surface area contributed by atoms with E-state index in [9.17, 15) is 9.59 Å². The zero-order valence-electron chi connectivity index (χ0n) is 16.2. The van der Waals surface area contributed by atoms with E-state index in [0.717, 1.165) is 49.7 Å². The number of anilines is 1. The molecule has 0 spiro atoms. The molecule has 2 heterocycles. The Hall–Kier alpha value is -2.18. The van der Waals surface area contributed by atoms with Gasteiger partial charge in [-0.15, -0.1) is 11.3 Å². The highest BCUT2D eigenvalue weighted by Gasteiger charge is 2.28. The van der Waals surface area contributed by atoms with Crippen LogP contribution in [-0.2, 0) is 17.6 Å². The van der Waals surface area contributed by atoms with Crippen molar-refractivity contribution >= 4 is 28.2 Å². The molecule has 2 aliphatic rings. The first-order valence-corrected chi connectivity index (χ1v) is 10.8. The van der Waals surface area contributed by atoms with E-state index < -0.39 is 0 Å². The molecule has 1 aliphatic carbocycles. The molecule has 0 unspecified atom stereocenters. The number of amides is 2. The molecule has 0 bridgehead atoms. The van der Waals surface area contributed by atoms with Crippen molar-refractivity contribution in [1.82, 2.24) is 5.32 Å². The minimum atomic E-state index is -0.168. The maximum atomic E-state index is 13.1. The Morgan fingerprint density at radius 3 is 2.50 bits per heavy atom. The van der Waals surface area contributed by atoms with Gasteiger partial charge in [-0.2, -0.15) is 0 Å². The number of aryl methyl sites for hydroxylation is 2. The van der Waals surface area contributed by atoms with Gasteiger partial charge in [0.2, 0.25) is 0 Å². The minimum absolute atomic E-state index is 0.0643. The quantitative estimate of drug-likeness (QED) is 0.815. The van der Waals surface area contributed by atoms with Crippen LogP contribution in [0.4, 0.5) is 5.00 Å². The average molecular weight is 399 g/mol. The molecular weight excluding hydrogens is 372 g/mol. The van der Waals surface area contributed by atoms with Gasteiger partial charge < -0.3 is 15.4 Å². The van der Waals surface area contributed by atoms with Crippen molar-refractivity contribution < 1.29 is 14.3 Å². The van der Waals surface area contributed by atoms with Crippen molar-refractivity contribution in [3.63, 3.8) is 0 Å². The minimum Gasteiger partial charge on any atom is -0.381 e. The van der Waals surface area contributed by atoms with Gasteiger partial charge in [-0.05, 0) is 63.1 Å². The summed E-state index contributed by atoms with van der Waals surface area (Å²) in [6, 6.07) is 7.63. The number of thiophene rings is 1. The molecule has 0 radical (unpaired) electrons. The van der Waals surface area contributed by atoms with Crippen LogP contribution < -0.4 is 10.6 Å². The fourth-order valence-corrected chi connectivity index (χ4v) is 5.16. The standard InChI is InChI=1S/C22H26N2O3S/c1-14-6-8-15(9-7-14)20(25)24-22-19(17-4-2-3-5-18(17)28-22)21(26)23-16-10-12-27-13-11-16/h6-9,16H,2-5,10-13H2,1H3,(H,23,26)(H,24,25). The molecule has 1 aliphatic heterocycles. The predicted octanol–water partition coefficient (Wildman–Crippen LogP) is 4.10. The largest absolute Gasteiger partial charge is 0.381 e. The SMILES string of the molecule is Cc1ccc(C(=O)Nc2sc3c(c2C(=O)NC2CCOCC2)CCCC3)cc1. The molecule has 148 valence electrons. The first kappa shape index (κ1) is 19.2. The topological polar surface area (TPSA) is 67.4 Å². The summed E-state index contributed by atoms with van der Waals surface area (Å²) in [4.78, 5) is 27.1. The number of hydrogen-bond donors (Lipinski definition) is 2. The van der Waals surface area contributed by atoms with Crippen LogP contribution in [0.2, 0.25) is 0 Å². The predicted molar refractivity (Wildman–Crippen MR) is 111 cm³/mol. The molecule has 2 amide bonds. The van der Waals surface area contributed by atoms with E-state index in [0.29, 0.717) is 29.3 Å². The lowest BCUT2D eigenvalue weighted by molar-refractivity contribution is 0.0696. The molecule has 5 nitrogen and oxygen atoms in total. The summed E-state index contributed by atoms with van der Waals surface area (Å²) in [6.45, 7) is 3.36. The second-order valence-corrected chi connectivity index (χ2v) is 8.70. The number of hydrogen-bond acceptors (Lipinski definition) is 4. The molecule has 2 N–H and O–H groups in total. The first-order valence-electron chi connectivity index (χ1n) is 10.0. The molecule has 1 fully saturated rings. The lowest BCUT2D eigenvalue weighted by Gasteiger charge is -2.23. The highest BCUT2D eigenvalue weighted by Crippen LogP contribution is 2.38. The van der Waals surface area contributed by atoms with Gasteiger partial charge >= 0.3 is 0 Å². The maximum Gasteiger partial charge on any atom is 0.256 e. The molecule has 4 rings (SSSR count). The molecule has 6 heteroatoms. The number of nitrogens with one attached hydrogen (secondary N) is 2. The molecular formula is C22H26N2O3S. The number of fused-ring (bicyclic) bond motifs is 1. The van der Waals surface area contributed by atoms with Gasteiger partial charge in [-0.3, -0.25) is 9.59 Å². The summed E-state index contributed by atoms with van der Waals surface area (Å²) >= 11 is 1.56. The van der Waals surface area contributed by atoms with Gasteiger partial charge in [-0.1, -0.05) is 17.7 Å². The van der Waals surface area contributed by atoms with Crippen LogP contribution in [0.1, 0.15) is 62.4 Å². The molecule has 1 saturated heterocycles. The van der Waals surface area contributed by atoms with Crippen LogP contribution in [0.5, 0.6) is 0 Å². The van der Waals surface area contributed by atoms with Crippen molar-refractivity contribution in [1.29, 1.82) is 0 Å². The maximum absolute atomic E-state index is 13.1. The Labute approximate surface area is 169 Å². The number of benzene rings is 1. The number of ether oxygens (including phenoxy) is 1. The van der Waals surface area contributed by atoms with Crippen molar-refractivity contribution in [2.24, 2.45) is 0 Å². The lowest BCUT2D eigenvalue weighted by atomic mass is 9.95. The second kappa shape index (κ2) is 8.45. The van der Waals surface area contributed by atoms with E-state index in [2.05, 4.69) is 10.6 Å². The highest BCUT2D eigenvalue weighted by molar-refractivity contribution is 7.17. The van der Waals surface area contributed by atoms with E-state index in [-0.39, 0.29) is 17.9 Å². The Balaban J connectivity index is 1.59. The van der Waals surface area contributed by atoms with Crippen LogP contribution in [0.15, 0.2) is 24.3 Å². The number of rotatable bonds is 4. The van der Waals surface area contributed by atoms with E-state index >= 15 is 0 Å². The summed E-state index contributed by atoms with van der Waals surface area (Å²) in [5, 5.41) is 6.87. The van der Waals surface area contributed by atoms with Crippen LogP contribution in [0.3, 0.4) is 0 Å². The highest BCUT2D eigenvalue weighted by atomic mass is 32.1. The van der Waals surface area contributed by atoms with Crippen molar-refractivity contribution in [3.05, 3.63) is 51.4 Å². The Kier molecular flexibility index (Phi) is 5.78. The monoisotopic (exact) mass is 398 g/mol. The summed E-state index contributed by atoms with van der Waals surface area (Å²) in [5.74, 6) is -0.232. The summed E-state index contributed by atoms with van der Waals surface area (Å²) in [6.07, 6.45) is 5.79. The van der Waals surface area contributed by atoms with Crippen molar-refractivity contribution in [2.45, 2.75) is 51.5 Å². The second-order valence-electron chi connectivity index (χ2n) is 7.60. The number of carbonyl (C=O) groups excluding carboxylic acids is 2. The molecule has 2 aromatic rings. The summed E-state index contributed by atoms with van der Waals surface area (Å²) in [7, 11) is 0. The molecule has 28 heavy (non-hydrogen) atoms. The van der Waals surface area contributed by atoms with Crippen molar-refractivity contribution in [3.8, 4) is 0 Å². The fourth-order valence-electron chi connectivity index (χ4n) is 3.87. The molecule has 0 saturated carbocycles. The zero-order chi connectivity index (χ0) is 19.5. The van der Waals surface area contributed by atoms with Gasteiger partial charge in [0, 0.05) is 29.7 Å². The third kappa shape index (κ3) is 4.13. The van der Waals surface area contributed by atoms with E-state index in [1.54, 1.807) is 11.3 Å². The summed E-state index contributed by atoms with van der Waals surface area (Å²) in [5.41, 5.74) is 3.51. The van der Waals surface area contributed by atoms with Gasteiger partial charge in [-0.25, -0.2) is 0 Å². The van der Waals surface area contributed by atoms with Gasteiger partial charge in [0.05, 0.1) is 5.56 Å². The molecule has 1 aromatic heterocycles. The lowest BCUT2D eigenvalue weighted by Crippen LogP contribution is -2.39. The molecule has 1 aromatic carbocycles. The Bertz CT molecular complexity index is 867. The fraction of sp³-hybridized carbons (Fsp3) is 0.455. The normalized spacial score (nSPS) is 17.0. The van der Waals surface area contributed by atoms with Crippen LogP contribution in [0.25, 0.3) is 0 Å². The van der Waals surface area contributed by atoms with E-state index in [4.69, 9.17) is 4.74 Å². The molecule has 0 atom stereocenters. The van der Waals surface area contributed by atoms with Crippen LogP contribution in [0, 0.1) is 6.92 Å². The van der Waals surface area contributed by atoms with Crippen LogP contribution in [-0.4, -0.2) is 31.1 Å². The van der Waals surface area contributed by atoms with E-state index in [1.807, 2.05) is 31.2 Å². The van der Waals surface area contributed by atoms with Gasteiger partial charge in [0.15, 0.2) is 0 Å². The smallest absolute Gasteiger partial charge is 0.256 e. The zero-order valence-corrected chi connectivity index (χ0v) is 17.0. The summed E-state index contributed by atoms with van der Waals surface area (Å²) < 4.78 is 5.39. The number of carbonyl (C=O) groups is 2. The van der Waals surface area contributed by atoms with Gasteiger partial charge in [0.1, 0.15) is 5.00 Å². The Morgan fingerprint density at radius 2 is 1.75 bits per heavy atom. The average Bonchev–Trinajstić information content (AvgIpc) is 3.07. The third-order valence-corrected chi connectivity index (χ3v) is 6.70. The Morgan fingerprint density at radius 1 is 1.04 bits per heavy atom. The van der Waals surface area contributed by atoms with Crippen LogP contribution >= 0.6 is 11.3 Å². The third-order valence-electron chi connectivity index (χ3n) is 5.50. The van der Waals surface area contributed by atoms with Gasteiger partial charge in [0.25, 0.3) is 11.8 Å².